The molecule has 88 valence electrons. The van der Waals surface area contributed by atoms with Gasteiger partial charge in [0.25, 0.3) is 0 Å². The Balaban J connectivity index is 2.59. The first kappa shape index (κ1) is 12.8. The van der Waals surface area contributed by atoms with Crippen LogP contribution in [0.4, 0.5) is 0 Å². The van der Waals surface area contributed by atoms with Crippen LogP contribution in [0.3, 0.4) is 0 Å². The average Bonchev–Trinajstić information content (AvgIpc) is 2.35. The molecule has 0 bridgehead atoms. The van der Waals surface area contributed by atoms with Crippen molar-refractivity contribution >= 4 is 0 Å². The van der Waals surface area contributed by atoms with Crippen LogP contribution >= 0.6 is 0 Å². The lowest BCUT2D eigenvalue weighted by molar-refractivity contribution is 0.208. The Labute approximate surface area is 95.6 Å². The van der Waals surface area contributed by atoms with Crippen molar-refractivity contribution < 1.29 is 0 Å². The molecule has 0 aromatic heterocycles. The molecule has 2 N–H and O–H groups in total. The molecule has 1 heterocycles. The molecule has 0 aromatic rings. The maximum Gasteiger partial charge on any atom is 0.112 e. The third-order valence-corrected chi connectivity index (χ3v) is 3.19. The Morgan fingerprint density at radius 1 is 1.75 bits per heavy atom. The number of nitriles is 1. The molecule has 1 rings (SSSR count). The van der Waals surface area contributed by atoms with E-state index in [1.54, 1.807) is 0 Å². The Morgan fingerprint density at radius 2 is 2.56 bits per heavy atom. The van der Waals surface area contributed by atoms with E-state index in [1.807, 2.05) is 0 Å². The van der Waals surface area contributed by atoms with Crippen LogP contribution in [-0.4, -0.2) is 31.7 Å². The zero-order valence-electron chi connectivity index (χ0n) is 9.61. The molecule has 6 nitrogen and oxygen atoms in total. The summed E-state index contributed by atoms with van der Waals surface area (Å²) in [6.07, 6.45) is 1.77. The van der Waals surface area contributed by atoms with Crippen LogP contribution in [0.15, 0.2) is 5.11 Å². The van der Waals surface area contributed by atoms with E-state index in [2.05, 4.69) is 33.7 Å². The highest BCUT2D eigenvalue weighted by molar-refractivity contribution is 5.13. The molecule has 2 unspecified atom stereocenters. The quantitative estimate of drug-likeness (QED) is 0.316. The van der Waals surface area contributed by atoms with E-state index in [-0.39, 0.29) is 0 Å². The zero-order chi connectivity index (χ0) is 11.9. The van der Waals surface area contributed by atoms with Gasteiger partial charge in [0.2, 0.25) is 0 Å². The lowest BCUT2D eigenvalue weighted by Gasteiger charge is -2.39. The molecule has 0 saturated carbocycles. The van der Waals surface area contributed by atoms with Crippen LogP contribution in [0.25, 0.3) is 10.4 Å². The minimum absolute atomic E-state index is 0.317. The van der Waals surface area contributed by atoms with Crippen molar-refractivity contribution in [3.63, 3.8) is 0 Å². The Bertz CT molecular complexity index is 303. The highest BCUT2D eigenvalue weighted by Gasteiger charge is 2.39. The molecule has 0 radical (unpaired) electrons. The second-order valence-corrected chi connectivity index (χ2v) is 4.02. The number of nitrogens with zero attached hydrogens (tertiary/aromatic N) is 4. The fourth-order valence-corrected chi connectivity index (χ4v) is 2.23. The minimum Gasteiger partial charge on any atom is -0.316 e. The summed E-state index contributed by atoms with van der Waals surface area (Å²) in [4.78, 5) is 2.70. The van der Waals surface area contributed by atoms with Gasteiger partial charge in [-0.2, -0.15) is 5.26 Å². The van der Waals surface area contributed by atoms with Gasteiger partial charge in [-0.25, -0.2) is 0 Å². The summed E-state index contributed by atoms with van der Waals surface area (Å²) in [6.45, 7) is 4.79. The van der Waals surface area contributed by atoms with Gasteiger partial charge in [-0.15, -0.1) is 0 Å². The van der Waals surface area contributed by atoms with Gasteiger partial charge >= 0.3 is 0 Å². The Morgan fingerprint density at radius 3 is 3.19 bits per heavy atom. The second-order valence-electron chi connectivity index (χ2n) is 4.02. The van der Waals surface area contributed by atoms with Crippen LogP contribution in [-0.2, 0) is 0 Å². The average molecular weight is 222 g/mol. The third kappa shape index (κ3) is 2.86. The van der Waals surface area contributed by atoms with Gasteiger partial charge < -0.3 is 5.32 Å². The molecule has 16 heavy (non-hydrogen) atoms. The van der Waals surface area contributed by atoms with E-state index < -0.39 is 5.54 Å². The number of hydrogen-bond acceptors (Lipinski definition) is 4. The second kappa shape index (κ2) is 6.33. The topological polar surface area (TPSA) is 96.6 Å². The van der Waals surface area contributed by atoms with Crippen LogP contribution in [0.1, 0.15) is 19.8 Å². The van der Waals surface area contributed by atoms with E-state index in [0.29, 0.717) is 19.0 Å². The van der Waals surface area contributed by atoms with E-state index in [0.717, 1.165) is 25.9 Å². The lowest BCUT2D eigenvalue weighted by atomic mass is 9.78. The first-order valence-electron chi connectivity index (χ1n) is 5.67. The van der Waals surface area contributed by atoms with Crippen molar-refractivity contribution in [2.45, 2.75) is 25.3 Å². The van der Waals surface area contributed by atoms with Gasteiger partial charge in [0.05, 0.1) is 6.07 Å². The van der Waals surface area contributed by atoms with E-state index in [4.69, 9.17) is 5.53 Å². The number of piperidine rings is 1. The summed E-state index contributed by atoms with van der Waals surface area (Å²) in [6, 6.07) is 2.41. The summed E-state index contributed by atoms with van der Waals surface area (Å²) < 4.78 is 0. The van der Waals surface area contributed by atoms with Crippen LogP contribution in [0.5, 0.6) is 0 Å². The summed E-state index contributed by atoms with van der Waals surface area (Å²) >= 11 is 0. The number of azide groups is 1. The summed E-state index contributed by atoms with van der Waals surface area (Å²) in [7, 11) is 0. The summed E-state index contributed by atoms with van der Waals surface area (Å²) in [5, 5.41) is 19.4. The molecule has 1 aliphatic rings. The van der Waals surface area contributed by atoms with Crippen LogP contribution in [0, 0.1) is 17.2 Å². The summed E-state index contributed by atoms with van der Waals surface area (Å²) in [5.41, 5.74) is 7.72. The lowest BCUT2D eigenvalue weighted by Crippen LogP contribution is -2.58. The van der Waals surface area contributed by atoms with Crippen LogP contribution < -0.4 is 10.6 Å². The molecule has 0 amide bonds. The molecular formula is C10H18N6. The van der Waals surface area contributed by atoms with Gasteiger partial charge in [-0.3, -0.25) is 5.32 Å². The zero-order valence-corrected chi connectivity index (χ0v) is 9.61. The largest absolute Gasteiger partial charge is 0.316 e. The molecule has 2 atom stereocenters. The number of nitrogens with one attached hydrogen (secondary N) is 2. The molecule has 0 aromatic carbocycles. The standard InChI is InChI=1S/C10H18N6/c1-2-9-7-13-4-3-10(9,8-11)14-5-6-15-16-12/h9,13-14H,2-7H2,1H3. The van der Waals surface area contributed by atoms with Gasteiger partial charge in [0.15, 0.2) is 0 Å². The van der Waals surface area contributed by atoms with Crippen molar-refractivity contribution in [3.05, 3.63) is 10.4 Å². The van der Waals surface area contributed by atoms with Gasteiger partial charge in [0, 0.05) is 30.5 Å². The van der Waals surface area contributed by atoms with E-state index in [1.165, 1.54) is 0 Å². The SMILES string of the molecule is CCC1CNCCC1(C#N)NCCN=[N+]=[N-]. The summed E-state index contributed by atoms with van der Waals surface area (Å²) in [5.74, 6) is 0.317. The van der Waals surface area contributed by atoms with E-state index in [9.17, 15) is 5.26 Å². The first-order valence-corrected chi connectivity index (χ1v) is 5.67. The molecular weight excluding hydrogens is 204 g/mol. The van der Waals surface area contributed by atoms with Gasteiger partial charge in [-0.1, -0.05) is 12.0 Å². The van der Waals surface area contributed by atoms with Crippen molar-refractivity contribution in [2.24, 2.45) is 11.0 Å². The van der Waals surface area contributed by atoms with E-state index >= 15 is 0 Å². The molecule has 1 fully saturated rings. The van der Waals surface area contributed by atoms with Crippen molar-refractivity contribution in [2.75, 3.05) is 26.2 Å². The predicted molar refractivity (Wildman–Crippen MR) is 61.6 cm³/mol. The fourth-order valence-electron chi connectivity index (χ4n) is 2.23. The normalized spacial score (nSPS) is 29.1. The van der Waals surface area contributed by atoms with Crippen molar-refractivity contribution in [1.29, 1.82) is 5.26 Å². The molecule has 1 aliphatic heterocycles. The number of rotatable bonds is 5. The van der Waals surface area contributed by atoms with Crippen molar-refractivity contribution in [1.82, 2.24) is 10.6 Å². The Kier molecular flexibility index (Phi) is 5.06. The van der Waals surface area contributed by atoms with Crippen LogP contribution in [0.2, 0.25) is 0 Å². The Hall–Kier alpha value is -1.28. The minimum atomic E-state index is -0.453. The predicted octanol–water partition coefficient (Wildman–Crippen LogP) is 1.17. The van der Waals surface area contributed by atoms with Gasteiger partial charge in [0.1, 0.15) is 5.54 Å². The van der Waals surface area contributed by atoms with Gasteiger partial charge in [-0.05, 0) is 24.9 Å². The molecule has 0 spiro atoms. The molecule has 6 heteroatoms. The molecule has 1 saturated heterocycles. The maximum atomic E-state index is 9.36. The maximum absolute atomic E-state index is 9.36. The smallest absolute Gasteiger partial charge is 0.112 e. The third-order valence-electron chi connectivity index (χ3n) is 3.19. The number of hydrogen-bond donors (Lipinski definition) is 2. The highest BCUT2D eigenvalue weighted by Crippen LogP contribution is 2.26. The fraction of sp³-hybridized carbons (Fsp3) is 0.900. The molecule has 0 aliphatic carbocycles. The first-order chi connectivity index (χ1) is 7.79. The van der Waals surface area contributed by atoms with Crippen molar-refractivity contribution in [3.8, 4) is 6.07 Å². The monoisotopic (exact) mass is 222 g/mol. The highest BCUT2D eigenvalue weighted by atomic mass is 15.1.